The van der Waals surface area contributed by atoms with Crippen LogP contribution in [0.3, 0.4) is 0 Å². The second-order valence-electron chi connectivity index (χ2n) is 8.92. The van der Waals surface area contributed by atoms with Crippen LogP contribution in [0.25, 0.3) is 54.2 Å². The van der Waals surface area contributed by atoms with Crippen molar-refractivity contribution in [1.29, 1.82) is 0 Å². The highest BCUT2D eigenvalue weighted by Crippen LogP contribution is 2.50. The molecule has 34 heavy (non-hydrogen) atoms. The second-order valence-corrected chi connectivity index (χ2v) is 8.92. The van der Waals surface area contributed by atoms with E-state index < -0.39 is 0 Å². The molecule has 0 heterocycles. The lowest BCUT2D eigenvalue weighted by Gasteiger charge is -2.21. The zero-order valence-corrected chi connectivity index (χ0v) is 19.4. The largest absolute Gasteiger partial charge is 0.507 e. The topological polar surface area (TPSA) is 40.5 Å². The van der Waals surface area contributed by atoms with Crippen molar-refractivity contribution in [2.75, 3.05) is 0 Å². The highest BCUT2D eigenvalue weighted by Gasteiger charge is 2.22. The Balaban J connectivity index is 1.97. The molecule has 0 bridgehead atoms. The van der Waals surface area contributed by atoms with Crippen molar-refractivity contribution < 1.29 is 10.2 Å². The Morgan fingerprint density at radius 1 is 0.441 bits per heavy atom. The predicted molar refractivity (Wildman–Crippen MR) is 144 cm³/mol. The molecule has 6 aromatic carbocycles. The number of hydrogen-bond donors (Lipinski definition) is 2. The monoisotopic (exact) mass is 442 g/mol. The molecule has 0 spiro atoms. The third-order valence-corrected chi connectivity index (χ3v) is 7.23. The minimum Gasteiger partial charge on any atom is -0.507 e. The number of benzene rings is 6. The molecule has 0 aromatic heterocycles. The van der Waals surface area contributed by atoms with Gasteiger partial charge in [0.25, 0.3) is 0 Å². The van der Waals surface area contributed by atoms with E-state index in [9.17, 15) is 10.2 Å². The van der Waals surface area contributed by atoms with E-state index >= 15 is 0 Å². The zero-order valence-electron chi connectivity index (χ0n) is 19.4. The maximum atomic E-state index is 11.4. The molecule has 0 amide bonds. The number of phenolic OH excluding ortho intramolecular Hbond substituents is 2. The summed E-state index contributed by atoms with van der Waals surface area (Å²) in [6.07, 6.45) is 1.67. The fourth-order valence-corrected chi connectivity index (χ4v) is 5.68. The summed E-state index contributed by atoms with van der Waals surface area (Å²) >= 11 is 0. The lowest BCUT2D eigenvalue weighted by atomic mass is 9.83. The molecule has 0 aliphatic rings. The van der Waals surface area contributed by atoms with Gasteiger partial charge in [-0.05, 0) is 56.6 Å². The van der Waals surface area contributed by atoms with Crippen LogP contribution in [0.5, 0.6) is 11.5 Å². The summed E-state index contributed by atoms with van der Waals surface area (Å²) in [7, 11) is 0. The Kier molecular flexibility index (Phi) is 4.70. The van der Waals surface area contributed by atoms with Crippen molar-refractivity contribution in [2.24, 2.45) is 0 Å². The van der Waals surface area contributed by atoms with Crippen LogP contribution in [0.15, 0.2) is 84.9 Å². The summed E-state index contributed by atoms with van der Waals surface area (Å²) in [5.41, 5.74) is 4.47. The Labute approximate surface area is 198 Å². The van der Waals surface area contributed by atoms with Crippen LogP contribution >= 0.6 is 0 Å². The number of rotatable bonds is 3. The number of fused-ring (bicyclic) bond motifs is 4. The van der Waals surface area contributed by atoms with Crippen LogP contribution in [-0.2, 0) is 12.8 Å². The van der Waals surface area contributed by atoms with E-state index in [4.69, 9.17) is 0 Å². The standard InChI is InChI=1S/C32H26O2/c1-3-19-11-9-17-25-27(19)31(33)23-15-7-5-13-21(23)29(25)30-22-14-6-8-16-24(22)32(34)28-20(4-2)12-10-18-26(28)30/h5-18,33-34H,3-4H2,1-2H3. The van der Waals surface area contributed by atoms with Gasteiger partial charge in [0.15, 0.2) is 0 Å². The molecular formula is C32H26O2. The van der Waals surface area contributed by atoms with Crippen LogP contribution in [0, 0.1) is 0 Å². The highest BCUT2D eigenvalue weighted by molar-refractivity contribution is 6.27. The molecule has 0 aliphatic heterocycles. The van der Waals surface area contributed by atoms with Gasteiger partial charge in [-0.25, -0.2) is 0 Å². The maximum absolute atomic E-state index is 11.4. The Morgan fingerprint density at radius 3 is 1.18 bits per heavy atom. The Hall–Kier alpha value is -4.04. The van der Waals surface area contributed by atoms with Gasteiger partial charge in [0.05, 0.1) is 0 Å². The molecule has 0 aliphatic carbocycles. The molecule has 0 unspecified atom stereocenters. The Bertz CT molecular complexity index is 1610. The quantitative estimate of drug-likeness (QED) is 0.270. The fourth-order valence-electron chi connectivity index (χ4n) is 5.68. The molecule has 6 aromatic rings. The van der Waals surface area contributed by atoms with Gasteiger partial charge < -0.3 is 10.2 Å². The second kappa shape index (κ2) is 7.78. The van der Waals surface area contributed by atoms with E-state index in [0.29, 0.717) is 11.5 Å². The van der Waals surface area contributed by atoms with E-state index in [1.165, 1.54) is 0 Å². The lowest BCUT2D eigenvalue weighted by molar-refractivity contribution is 0.487. The molecular weight excluding hydrogens is 416 g/mol. The minimum absolute atomic E-state index is 0.341. The smallest absolute Gasteiger partial charge is 0.131 e. The van der Waals surface area contributed by atoms with Crippen LogP contribution < -0.4 is 0 Å². The van der Waals surface area contributed by atoms with Crippen LogP contribution in [0.2, 0.25) is 0 Å². The van der Waals surface area contributed by atoms with Crippen molar-refractivity contribution >= 4 is 43.1 Å². The number of hydrogen-bond acceptors (Lipinski definition) is 2. The molecule has 0 saturated heterocycles. The normalized spacial score (nSPS) is 11.7. The van der Waals surface area contributed by atoms with Gasteiger partial charge in [-0.3, -0.25) is 0 Å². The van der Waals surface area contributed by atoms with Gasteiger partial charge in [-0.15, -0.1) is 0 Å². The van der Waals surface area contributed by atoms with Crippen molar-refractivity contribution in [1.82, 2.24) is 0 Å². The first-order chi connectivity index (χ1) is 16.7. The lowest BCUT2D eigenvalue weighted by Crippen LogP contribution is -1.94. The number of aryl methyl sites for hydroxylation is 2. The molecule has 0 atom stereocenters. The zero-order chi connectivity index (χ0) is 23.4. The van der Waals surface area contributed by atoms with E-state index in [1.807, 2.05) is 36.4 Å². The van der Waals surface area contributed by atoms with Gasteiger partial charge in [0, 0.05) is 21.5 Å². The van der Waals surface area contributed by atoms with Crippen LogP contribution in [0.4, 0.5) is 0 Å². The summed E-state index contributed by atoms with van der Waals surface area (Å²) in [4.78, 5) is 0. The predicted octanol–water partition coefficient (Wildman–Crippen LogP) is 8.50. The average Bonchev–Trinajstić information content (AvgIpc) is 2.89. The summed E-state index contributed by atoms with van der Waals surface area (Å²) in [5.74, 6) is 0.682. The number of aromatic hydroxyl groups is 2. The van der Waals surface area contributed by atoms with Gasteiger partial charge in [-0.1, -0.05) is 98.8 Å². The average molecular weight is 443 g/mol. The first-order valence-corrected chi connectivity index (χ1v) is 12.0. The van der Waals surface area contributed by atoms with Crippen molar-refractivity contribution in [2.45, 2.75) is 26.7 Å². The van der Waals surface area contributed by atoms with Crippen molar-refractivity contribution in [3.8, 4) is 22.6 Å². The van der Waals surface area contributed by atoms with Crippen molar-refractivity contribution in [3.05, 3.63) is 96.1 Å². The summed E-state index contributed by atoms with van der Waals surface area (Å²) in [6.45, 7) is 4.25. The summed E-state index contributed by atoms with van der Waals surface area (Å²) in [6, 6.07) is 28.8. The van der Waals surface area contributed by atoms with Gasteiger partial charge in [-0.2, -0.15) is 0 Å². The minimum atomic E-state index is 0.341. The van der Waals surface area contributed by atoms with E-state index in [2.05, 4.69) is 62.4 Å². The first kappa shape index (κ1) is 20.6. The molecule has 2 heteroatoms. The molecule has 2 N–H and O–H groups in total. The van der Waals surface area contributed by atoms with Crippen LogP contribution in [0.1, 0.15) is 25.0 Å². The van der Waals surface area contributed by atoms with Gasteiger partial charge >= 0.3 is 0 Å². The number of phenols is 2. The van der Waals surface area contributed by atoms with Gasteiger partial charge in [0.1, 0.15) is 11.5 Å². The molecule has 6 rings (SSSR count). The third-order valence-electron chi connectivity index (χ3n) is 7.23. The van der Waals surface area contributed by atoms with Crippen molar-refractivity contribution in [3.63, 3.8) is 0 Å². The molecule has 166 valence electrons. The molecule has 0 fully saturated rings. The highest BCUT2D eigenvalue weighted by atomic mass is 16.3. The van der Waals surface area contributed by atoms with E-state index in [1.54, 1.807) is 0 Å². The molecule has 2 nitrogen and oxygen atoms in total. The third kappa shape index (κ3) is 2.75. The SMILES string of the molecule is CCc1cccc2c(-c3c4ccccc4c(O)c4c(CC)cccc34)c3ccccc3c(O)c12. The maximum Gasteiger partial charge on any atom is 0.131 e. The molecule has 0 radical (unpaired) electrons. The van der Waals surface area contributed by atoms with E-state index in [-0.39, 0.29) is 0 Å². The summed E-state index contributed by atoms with van der Waals surface area (Å²) in [5, 5.41) is 30.4. The summed E-state index contributed by atoms with van der Waals surface area (Å²) < 4.78 is 0. The Morgan fingerprint density at radius 2 is 0.794 bits per heavy atom. The van der Waals surface area contributed by atoms with Crippen LogP contribution in [-0.4, -0.2) is 10.2 Å². The van der Waals surface area contributed by atoms with Gasteiger partial charge in [0.2, 0.25) is 0 Å². The fraction of sp³-hybridized carbons (Fsp3) is 0.125. The molecule has 0 saturated carbocycles. The van der Waals surface area contributed by atoms with E-state index in [0.717, 1.165) is 78.2 Å². The first-order valence-electron chi connectivity index (χ1n) is 12.0.